The summed E-state index contributed by atoms with van der Waals surface area (Å²) in [5.41, 5.74) is 4.17. The molecule has 1 heterocycles. The van der Waals surface area contributed by atoms with Crippen molar-refractivity contribution in [2.45, 2.75) is 31.6 Å². The first kappa shape index (κ1) is 20.7. The van der Waals surface area contributed by atoms with E-state index in [1.807, 2.05) is 54.6 Å². The molecular formula is C28H26N2OS. The van der Waals surface area contributed by atoms with Crippen molar-refractivity contribution in [1.82, 2.24) is 4.98 Å². The number of nitrogens with zero attached hydrogens (tertiary/aromatic N) is 1. The average molecular weight is 439 g/mol. The van der Waals surface area contributed by atoms with Crippen molar-refractivity contribution >= 4 is 22.4 Å². The number of nitrogens with one attached hydrogen (secondary N) is 1. The fraction of sp³-hybridized carbons (Fsp3) is 0.214. The van der Waals surface area contributed by atoms with E-state index in [-0.39, 0.29) is 11.8 Å². The second kappa shape index (κ2) is 9.49. The number of carbonyl (C=O) groups excluding carboxylic acids is 1. The highest BCUT2D eigenvalue weighted by Crippen LogP contribution is 2.41. The molecule has 1 N–H and O–H groups in total. The van der Waals surface area contributed by atoms with Gasteiger partial charge in [0.25, 0.3) is 0 Å². The van der Waals surface area contributed by atoms with Crippen LogP contribution in [0.25, 0.3) is 21.7 Å². The van der Waals surface area contributed by atoms with Gasteiger partial charge in [-0.3, -0.25) is 4.79 Å². The predicted molar refractivity (Wildman–Crippen MR) is 133 cm³/mol. The summed E-state index contributed by atoms with van der Waals surface area (Å²) in [5.74, 6) is 0.304. The van der Waals surface area contributed by atoms with Gasteiger partial charge in [-0.15, -0.1) is 0 Å². The number of hydrogen-bond donors (Lipinski definition) is 1. The van der Waals surface area contributed by atoms with E-state index in [9.17, 15) is 4.79 Å². The molecule has 1 aromatic heterocycles. The number of aromatic nitrogens is 1. The Labute approximate surface area is 193 Å². The Morgan fingerprint density at radius 1 is 0.812 bits per heavy atom. The maximum absolute atomic E-state index is 13.5. The van der Waals surface area contributed by atoms with E-state index in [1.54, 1.807) is 11.3 Å². The van der Waals surface area contributed by atoms with Gasteiger partial charge < -0.3 is 5.32 Å². The topological polar surface area (TPSA) is 42.0 Å². The van der Waals surface area contributed by atoms with Gasteiger partial charge in [-0.05, 0) is 29.9 Å². The van der Waals surface area contributed by atoms with Gasteiger partial charge in [-0.25, -0.2) is 4.98 Å². The number of rotatable bonds is 6. The van der Waals surface area contributed by atoms with Crippen LogP contribution in [0.15, 0.2) is 91.0 Å². The molecule has 0 saturated heterocycles. The van der Waals surface area contributed by atoms with Crippen molar-refractivity contribution in [2.24, 2.45) is 5.92 Å². The van der Waals surface area contributed by atoms with Gasteiger partial charge in [-0.1, -0.05) is 115 Å². The Morgan fingerprint density at radius 3 is 2.00 bits per heavy atom. The lowest BCUT2D eigenvalue weighted by molar-refractivity contribution is -0.118. The summed E-state index contributed by atoms with van der Waals surface area (Å²) in [4.78, 5) is 19.5. The first-order chi connectivity index (χ1) is 15.8. The van der Waals surface area contributed by atoms with Crippen molar-refractivity contribution in [2.75, 3.05) is 5.32 Å². The standard InChI is InChI=1S/C28H26N2OS/c31-27(24(21-14-10-11-15-21)20-12-4-1-5-13-20)30-28-29-25(22-16-6-2-7-17-22)26(32-28)23-18-8-3-9-19-23/h1-9,12-13,16-19,21,24H,10-11,14-15H2,(H,29,30,31). The Kier molecular flexibility index (Phi) is 6.13. The van der Waals surface area contributed by atoms with Crippen LogP contribution >= 0.6 is 11.3 Å². The van der Waals surface area contributed by atoms with Crippen molar-refractivity contribution in [3.05, 3.63) is 96.6 Å². The highest BCUT2D eigenvalue weighted by atomic mass is 32.1. The molecule has 0 aliphatic heterocycles. The maximum Gasteiger partial charge on any atom is 0.233 e. The zero-order chi connectivity index (χ0) is 21.8. The van der Waals surface area contributed by atoms with Crippen LogP contribution < -0.4 is 5.32 Å². The van der Waals surface area contributed by atoms with Gasteiger partial charge in [0.15, 0.2) is 5.13 Å². The van der Waals surface area contributed by atoms with Gasteiger partial charge in [0.1, 0.15) is 0 Å². The molecule has 1 saturated carbocycles. The van der Waals surface area contributed by atoms with E-state index >= 15 is 0 Å². The zero-order valence-corrected chi connectivity index (χ0v) is 18.7. The molecule has 3 aromatic carbocycles. The first-order valence-electron chi connectivity index (χ1n) is 11.3. The normalized spacial score (nSPS) is 14.9. The fourth-order valence-corrected chi connectivity index (χ4v) is 5.72. The van der Waals surface area contributed by atoms with E-state index in [2.05, 4.69) is 41.7 Å². The van der Waals surface area contributed by atoms with Crippen LogP contribution in [0.1, 0.15) is 37.2 Å². The highest BCUT2D eigenvalue weighted by molar-refractivity contribution is 7.19. The van der Waals surface area contributed by atoms with Crippen LogP contribution in [0.5, 0.6) is 0 Å². The van der Waals surface area contributed by atoms with Crippen LogP contribution in [0.3, 0.4) is 0 Å². The molecule has 4 aromatic rings. The van der Waals surface area contributed by atoms with Crippen molar-refractivity contribution in [3.8, 4) is 21.7 Å². The van der Waals surface area contributed by atoms with Crippen molar-refractivity contribution in [3.63, 3.8) is 0 Å². The van der Waals surface area contributed by atoms with Crippen molar-refractivity contribution in [1.29, 1.82) is 0 Å². The quantitative estimate of drug-likeness (QED) is 0.341. The SMILES string of the molecule is O=C(Nc1nc(-c2ccccc2)c(-c2ccccc2)s1)C(c1ccccc1)C1CCCC1. The molecule has 0 spiro atoms. The number of carbonyl (C=O) groups is 1. The lowest BCUT2D eigenvalue weighted by atomic mass is 9.84. The van der Waals surface area contributed by atoms with E-state index < -0.39 is 0 Å². The Bertz CT molecular complexity index is 1110. The summed E-state index contributed by atoms with van der Waals surface area (Å²) in [5, 5.41) is 3.85. The van der Waals surface area contributed by atoms with Crippen LogP contribution in [-0.2, 0) is 4.79 Å². The van der Waals surface area contributed by atoms with Crippen LogP contribution in [-0.4, -0.2) is 10.9 Å². The number of thiazole rings is 1. The van der Waals surface area contributed by atoms with Gasteiger partial charge in [0, 0.05) is 5.56 Å². The number of benzene rings is 3. The molecule has 160 valence electrons. The first-order valence-corrected chi connectivity index (χ1v) is 12.1. The molecule has 1 aliphatic carbocycles. The molecule has 5 rings (SSSR count). The van der Waals surface area contributed by atoms with Crippen molar-refractivity contribution < 1.29 is 4.79 Å². The summed E-state index contributed by atoms with van der Waals surface area (Å²) < 4.78 is 0. The third-order valence-corrected chi connectivity index (χ3v) is 7.27. The third kappa shape index (κ3) is 4.37. The Balaban J connectivity index is 1.49. The predicted octanol–water partition coefficient (Wildman–Crippen LogP) is 7.39. The Hall–Kier alpha value is -3.24. The largest absolute Gasteiger partial charge is 0.301 e. The molecule has 32 heavy (non-hydrogen) atoms. The molecule has 4 heteroatoms. The summed E-state index contributed by atoms with van der Waals surface area (Å²) in [6.45, 7) is 0. The van der Waals surface area contributed by atoms with Gasteiger partial charge >= 0.3 is 0 Å². The fourth-order valence-electron chi connectivity index (χ4n) is 4.72. The minimum Gasteiger partial charge on any atom is -0.301 e. The molecular weight excluding hydrogens is 412 g/mol. The van der Waals surface area contributed by atoms with Crippen LogP contribution in [0, 0.1) is 5.92 Å². The molecule has 1 amide bonds. The minimum absolute atomic E-state index is 0.0519. The second-order valence-electron chi connectivity index (χ2n) is 8.35. The Morgan fingerprint density at radius 2 is 1.38 bits per heavy atom. The summed E-state index contributed by atoms with van der Waals surface area (Å²) in [6.07, 6.45) is 4.62. The molecule has 1 atom stereocenters. The zero-order valence-electron chi connectivity index (χ0n) is 17.9. The molecule has 3 nitrogen and oxygen atoms in total. The average Bonchev–Trinajstić information content (AvgIpc) is 3.52. The van der Waals surface area contributed by atoms with E-state index in [0.717, 1.165) is 40.1 Å². The van der Waals surface area contributed by atoms with Gasteiger partial charge in [0.2, 0.25) is 5.91 Å². The monoisotopic (exact) mass is 438 g/mol. The summed E-state index contributed by atoms with van der Waals surface area (Å²) in [7, 11) is 0. The van der Waals surface area contributed by atoms with Crippen LogP contribution in [0.4, 0.5) is 5.13 Å². The van der Waals surface area contributed by atoms with E-state index in [4.69, 9.17) is 4.98 Å². The number of anilines is 1. The number of amides is 1. The molecule has 1 aliphatic rings. The highest BCUT2D eigenvalue weighted by Gasteiger charge is 2.32. The van der Waals surface area contributed by atoms with E-state index in [1.165, 1.54) is 12.8 Å². The molecule has 0 bridgehead atoms. The lowest BCUT2D eigenvalue weighted by Gasteiger charge is -2.22. The lowest BCUT2D eigenvalue weighted by Crippen LogP contribution is -2.26. The smallest absolute Gasteiger partial charge is 0.233 e. The number of hydrogen-bond acceptors (Lipinski definition) is 3. The summed E-state index contributed by atoms with van der Waals surface area (Å²) >= 11 is 1.55. The van der Waals surface area contributed by atoms with E-state index in [0.29, 0.717) is 11.0 Å². The molecule has 1 unspecified atom stereocenters. The van der Waals surface area contributed by atoms with Gasteiger partial charge in [0.05, 0.1) is 16.5 Å². The van der Waals surface area contributed by atoms with Crippen LogP contribution in [0.2, 0.25) is 0 Å². The second-order valence-corrected chi connectivity index (χ2v) is 9.35. The summed E-state index contributed by atoms with van der Waals surface area (Å²) in [6, 6.07) is 30.7. The molecule has 1 fully saturated rings. The van der Waals surface area contributed by atoms with Gasteiger partial charge in [-0.2, -0.15) is 0 Å². The minimum atomic E-state index is -0.136. The maximum atomic E-state index is 13.5. The molecule has 0 radical (unpaired) electrons. The third-order valence-electron chi connectivity index (χ3n) is 6.25.